The zero-order valence-electron chi connectivity index (χ0n) is 15.1. The van der Waals surface area contributed by atoms with Gasteiger partial charge in [0.05, 0.1) is 24.0 Å². The zero-order chi connectivity index (χ0) is 19.8. The summed E-state index contributed by atoms with van der Waals surface area (Å²) in [5.74, 6) is -0.276. The van der Waals surface area contributed by atoms with Crippen LogP contribution in [0.2, 0.25) is 0 Å². The summed E-state index contributed by atoms with van der Waals surface area (Å²) in [6, 6.07) is 16.1. The van der Waals surface area contributed by atoms with E-state index in [-0.39, 0.29) is 11.4 Å². The first kappa shape index (κ1) is 17.9. The first-order chi connectivity index (χ1) is 14.2. The molecule has 0 aliphatic carbocycles. The van der Waals surface area contributed by atoms with Crippen molar-refractivity contribution in [3.8, 4) is 21.7 Å². The van der Waals surface area contributed by atoms with Gasteiger partial charge in [0.1, 0.15) is 15.7 Å². The largest absolute Gasteiger partial charge is 0.293 e. The predicted molar refractivity (Wildman–Crippen MR) is 116 cm³/mol. The van der Waals surface area contributed by atoms with Crippen LogP contribution in [-0.2, 0) is 6.54 Å². The molecule has 0 saturated carbocycles. The predicted octanol–water partition coefficient (Wildman–Crippen LogP) is 5.44. The molecule has 0 unspecified atom stereocenters. The number of rotatable bonds is 4. The Morgan fingerprint density at radius 1 is 0.931 bits per heavy atom. The van der Waals surface area contributed by atoms with Gasteiger partial charge in [-0.05, 0) is 29.8 Å². The van der Waals surface area contributed by atoms with E-state index in [1.54, 1.807) is 23.0 Å². The molecule has 5 rings (SSSR count). The molecule has 29 heavy (non-hydrogen) atoms. The van der Waals surface area contributed by atoms with Crippen molar-refractivity contribution in [3.63, 3.8) is 0 Å². The van der Waals surface area contributed by atoms with Gasteiger partial charge in [0.15, 0.2) is 0 Å². The van der Waals surface area contributed by atoms with Crippen molar-refractivity contribution in [1.29, 1.82) is 0 Å². The van der Waals surface area contributed by atoms with Gasteiger partial charge in [-0.15, -0.1) is 22.7 Å². The smallest absolute Gasteiger partial charge is 0.263 e. The Morgan fingerprint density at radius 2 is 1.72 bits per heavy atom. The number of thiazole rings is 1. The van der Waals surface area contributed by atoms with Crippen LogP contribution in [0.25, 0.3) is 31.9 Å². The minimum atomic E-state index is -0.276. The van der Waals surface area contributed by atoms with Crippen molar-refractivity contribution in [1.82, 2.24) is 14.5 Å². The lowest BCUT2D eigenvalue weighted by Crippen LogP contribution is -2.21. The second kappa shape index (κ2) is 7.35. The van der Waals surface area contributed by atoms with Crippen LogP contribution < -0.4 is 5.56 Å². The topological polar surface area (TPSA) is 47.8 Å². The lowest BCUT2D eigenvalue weighted by Gasteiger charge is -2.04. The second-order valence-electron chi connectivity index (χ2n) is 6.52. The van der Waals surface area contributed by atoms with Crippen LogP contribution in [0, 0.1) is 5.82 Å². The molecule has 0 radical (unpaired) electrons. The van der Waals surface area contributed by atoms with Gasteiger partial charge >= 0.3 is 0 Å². The number of hydrogen-bond donors (Lipinski definition) is 0. The standard InChI is InChI=1S/C22H14FN3OS2/c23-16-8-6-15(7-9-16)20-25-17(11-28-20)10-26-13-24-21-19(22(26)27)18(12-29-21)14-4-2-1-3-5-14/h1-9,11-13H,10H2. The van der Waals surface area contributed by atoms with Crippen LogP contribution in [0.4, 0.5) is 4.39 Å². The fourth-order valence-electron chi connectivity index (χ4n) is 3.19. The maximum Gasteiger partial charge on any atom is 0.263 e. The van der Waals surface area contributed by atoms with Crippen LogP contribution in [0.1, 0.15) is 5.69 Å². The summed E-state index contributed by atoms with van der Waals surface area (Å²) in [6.45, 7) is 0.337. The Hall–Kier alpha value is -3.16. The van der Waals surface area contributed by atoms with Crippen LogP contribution >= 0.6 is 22.7 Å². The normalized spacial score (nSPS) is 11.2. The molecule has 0 N–H and O–H groups in total. The van der Waals surface area contributed by atoms with E-state index in [2.05, 4.69) is 9.97 Å². The second-order valence-corrected chi connectivity index (χ2v) is 8.24. The van der Waals surface area contributed by atoms with E-state index in [0.29, 0.717) is 11.9 Å². The summed E-state index contributed by atoms with van der Waals surface area (Å²) in [7, 11) is 0. The highest BCUT2D eigenvalue weighted by atomic mass is 32.1. The van der Waals surface area contributed by atoms with Gasteiger partial charge in [0, 0.05) is 21.9 Å². The highest BCUT2D eigenvalue weighted by molar-refractivity contribution is 7.17. The molecule has 3 heterocycles. The van der Waals surface area contributed by atoms with Crippen molar-refractivity contribution < 1.29 is 4.39 Å². The molecule has 0 aliphatic rings. The van der Waals surface area contributed by atoms with Crippen LogP contribution in [0.3, 0.4) is 0 Å². The van der Waals surface area contributed by atoms with Crippen LogP contribution in [0.5, 0.6) is 0 Å². The van der Waals surface area contributed by atoms with E-state index in [4.69, 9.17) is 0 Å². The molecular weight excluding hydrogens is 405 g/mol. The van der Waals surface area contributed by atoms with E-state index in [9.17, 15) is 9.18 Å². The zero-order valence-corrected chi connectivity index (χ0v) is 16.7. The summed E-state index contributed by atoms with van der Waals surface area (Å²) in [5.41, 5.74) is 3.46. The summed E-state index contributed by atoms with van der Waals surface area (Å²) < 4.78 is 14.7. The van der Waals surface area contributed by atoms with Crippen molar-refractivity contribution >= 4 is 32.9 Å². The fourth-order valence-corrected chi connectivity index (χ4v) is 4.91. The lowest BCUT2D eigenvalue weighted by atomic mass is 10.1. The summed E-state index contributed by atoms with van der Waals surface area (Å²) >= 11 is 2.94. The van der Waals surface area contributed by atoms with Crippen molar-refractivity contribution in [2.75, 3.05) is 0 Å². The highest BCUT2D eigenvalue weighted by Gasteiger charge is 2.14. The Balaban J connectivity index is 1.51. The average Bonchev–Trinajstić information content (AvgIpc) is 3.39. The third kappa shape index (κ3) is 3.39. The molecule has 0 aliphatic heterocycles. The van der Waals surface area contributed by atoms with E-state index >= 15 is 0 Å². The number of benzene rings is 2. The third-order valence-corrected chi connectivity index (χ3v) is 6.45. The molecular formula is C22H14FN3OS2. The summed E-state index contributed by atoms with van der Waals surface area (Å²) in [6.07, 6.45) is 1.58. The van der Waals surface area contributed by atoms with E-state index in [1.165, 1.54) is 34.8 Å². The van der Waals surface area contributed by atoms with Crippen LogP contribution in [-0.4, -0.2) is 14.5 Å². The molecule has 0 bridgehead atoms. The molecule has 0 fully saturated rings. The Labute approximate surface area is 173 Å². The van der Waals surface area contributed by atoms with Gasteiger partial charge in [0.25, 0.3) is 5.56 Å². The molecule has 0 amide bonds. The molecule has 3 aromatic heterocycles. The molecule has 0 saturated heterocycles. The molecule has 5 aromatic rings. The van der Waals surface area contributed by atoms with Gasteiger partial charge in [-0.2, -0.15) is 0 Å². The van der Waals surface area contributed by atoms with Crippen molar-refractivity contribution in [2.24, 2.45) is 0 Å². The SMILES string of the molecule is O=c1c2c(-c3ccccc3)csc2ncn1Cc1csc(-c2ccc(F)cc2)n1. The number of thiophene rings is 1. The van der Waals surface area contributed by atoms with Crippen LogP contribution in [0.15, 0.2) is 76.5 Å². The quantitative estimate of drug-likeness (QED) is 0.390. The molecule has 4 nitrogen and oxygen atoms in total. The third-order valence-electron chi connectivity index (χ3n) is 4.62. The summed E-state index contributed by atoms with van der Waals surface area (Å²) in [4.78, 5) is 23.0. The molecule has 0 atom stereocenters. The minimum absolute atomic E-state index is 0.0774. The number of halogens is 1. The fraction of sp³-hybridized carbons (Fsp3) is 0.0455. The molecule has 2 aromatic carbocycles. The van der Waals surface area contributed by atoms with E-state index in [1.807, 2.05) is 41.1 Å². The maximum absolute atomic E-state index is 13.2. The van der Waals surface area contributed by atoms with Gasteiger partial charge in [-0.25, -0.2) is 14.4 Å². The van der Waals surface area contributed by atoms with Gasteiger partial charge < -0.3 is 0 Å². The van der Waals surface area contributed by atoms with E-state index in [0.717, 1.165) is 32.2 Å². The first-order valence-corrected chi connectivity index (χ1v) is 10.7. The molecule has 7 heteroatoms. The van der Waals surface area contributed by atoms with Crippen molar-refractivity contribution in [3.05, 3.63) is 93.5 Å². The first-order valence-electron chi connectivity index (χ1n) is 8.91. The summed E-state index contributed by atoms with van der Waals surface area (Å²) in [5, 5.41) is 5.33. The number of fused-ring (bicyclic) bond motifs is 1. The lowest BCUT2D eigenvalue weighted by molar-refractivity contribution is 0.628. The monoisotopic (exact) mass is 419 g/mol. The van der Waals surface area contributed by atoms with Gasteiger partial charge in [0.2, 0.25) is 0 Å². The van der Waals surface area contributed by atoms with Gasteiger partial charge in [-0.3, -0.25) is 9.36 Å². The number of nitrogens with zero attached hydrogens (tertiary/aromatic N) is 3. The maximum atomic E-state index is 13.2. The Kier molecular flexibility index (Phi) is 4.54. The average molecular weight is 420 g/mol. The molecule has 0 spiro atoms. The van der Waals surface area contributed by atoms with Crippen molar-refractivity contribution in [2.45, 2.75) is 6.54 Å². The number of hydrogen-bond acceptors (Lipinski definition) is 5. The molecule has 142 valence electrons. The Bertz CT molecular complexity index is 1350. The Morgan fingerprint density at radius 3 is 2.52 bits per heavy atom. The highest BCUT2D eigenvalue weighted by Crippen LogP contribution is 2.30. The minimum Gasteiger partial charge on any atom is -0.293 e. The van der Waals surface area contributed by atoms with E-state index < -0.39 is 0 Å². The number of aromatic nitrogens is 3. The van der Waals surface area contributed by atoms with Gasteiger partial charge in [-0.1, -0.05) is 30.3 Å².